The van der Waals surface area contributed by atoms with Crippen LogP contribution >= 0.6 is 11.6 Å². The maximum atomic E-state index is 12.3. The Morgan fingerprint density at radius 1 is 1.19 bits per heavy atom. The third kappa shape index (κ3) is 2.73. The Hall–Kier alpha value is -2.40. The molecule has 2 aromatic carbocycles. The third-order valence-electron chi connectivity index (χ3n) is 3.02. The zero-order valence-electron chi connectivity index (χ0n) is 10.9. The number of phenols is 1. The topological polar surface area (TPSA) is 67.8 Å². The molecule has 2 aromatic rings. The van der Waals surface area contributed by atoms with Crippen molar-refractivity contribution in [2.45, 2.75) is 0 Å². The van der Waals surface area contributed by atoms with Crippen LogP contribution in [0.1, 0.15) is 10.4 Å². The van der Waals surface area contributed by atoms with Crippen LogP contribution in [-0.2, 0) is 0 Å². The van der Waals surface area contributed by atoms with Crippen LogP contribution in [-0.4, -0.2) is 24.2 Å². The molecule has 0 aliphatic carbocycles. The standard InChI is InChI=1S/C15H12ClNO4/c16-9-4-5-12(18)11(8-9)17-15(19)10-2-1-3-13-14(10)21-7-6-20-13/h1-5,8,18H,6-7H2,(H,17,19). The second-order valence-corrected chi connectivity index (χ2v) is 4.88. The third-order valence-corrected chi connectivity index (χ3v) is 3.25. The summed E-state index contributed by atoms with van der Waals surface area (Å²) in [7, 11) is 0. The molecule has 0 saturated heterocycles. The van der Waals surface area contributed by atoms with E-state index in [0.29, 0.717) is 35.3 Å². The number of benzene rings is 2. The van der Waals surface area contributed by atoms with Crippen molar-refractivity contribution in [3.8, 4) is 17.2 Å². The first-order chi connectivity index (χ1) is 10.1. The largest absolute Gasteiger partial charge is 0.506 e. The van der Waals surface area contributed by atoms with Gasteiger partial charge in [-0.2, -0.15) is 0 Å². The monoisotopic (exact) mass is 305 g/mol. The highest BCUT2D eigenvalue weighted by molar-refractivity contribution is 6.31. The zero-order valence-corrected chi connectivity index (χ0v) is 11.7. The highest BCUT2D eigenvalue weighted by Gasteiger charge is 2.21. The van der Waals surface area contributed by atoms with Crippen molar-refractivity contribution in [1.82, 2.24) is 0 Å². The Morgan fingerprint density at radius 2 is 2.00 bits per heavy atom. The smallest absolute Gasteiger partial charge is 0.259 e. The van der Waals surface area contributed by atoms with Gasteiger partial charge in [0.15, 0.2) is 11.5 Å². The Labute approximate surface area is 126 Å². The van der Waals surface area contributed by atoms with E-state index in [1.807, 2.05) is 0 Å². The van der Waals surface area contributed by atoms with Gasteiger partial charge in [0.05, 0.1) is 11.3 Å². The quantitative estimate of drug-likeness (QED) is 0.837. The molecule has 1 amide bonds. The number of nitrogens with one attached hydrogen (secondary N) is 1. The molecule has 3 rings (SSSR count). The molecule has 0 unspecified atom stereocenters. The van der Waals surface area contributed by atoms with Gasteiger partial charge in [0.2, 0.25) is 0 Å². The molecule has 5 nitrogen and oxygen atoms in total. The van der Waals surface area contributed by atoms with Crippen LogP contribution in [0.2, 0.25) is 5.02 Å². The fraction of sp³-hybridized carbons (Fsp3) is 0.133. The van der Waals surface area contributed by atoms with Gasteiger partial charge in [-0.25, -0.2) is 0 Å². The fourth-order valence-electron chi connectivity index (χ4n) is 2.05. The van der Waals surface area contributed by atoms with Crippen molar-refractivity contribution in [3.63, 3.8) is 0 Å². The van der Waals surface area contributed by atoms with Gasteiger partial charge in [-0.1, -0.05) is 17.7 Å². The summed E-state index contributed by atoms with van der Waals surface area (Å²) in [5.41, 5.74) is 0.577. The predicted octanol–water partition coefficient (Wildman–Crippen LogP) is 3.07. The van der Waals surface area contributed by atoms with Gasteiger partial charge in [-0.15, -0.1) is 0 Å². The van der Waals surface area contributed by atoms with E-state index in [0.717, 1.165) is 0 Å². The first kappa shape index (κ1) is 13.6. The molecule has 6 heteroatoms. The van der Waals surface area contributed by atoms with Crippen molar-refractivity contribution in [3.05, 3.63) is 47.0 Å². The van der Waals surface area contributed by atoms with E-state index in [4.69, 9.17) is 21.1 Å². The molecule has 21 heavy (non-hydrogen) atoms. The van der Waals surface area contributed by atoms with Crippen molar-refractivity contribution in [1.29, 1.82) is 0 Å². The first-order valence-corrected chi connectivity index (χ1v) is 6.71. The molecule has 1 aliphatic rings. The number of fused-ring (bicyclic) bond motifs is 1. The molecule has 0 fully saturated rings. The summed E-state index contributed by atoms with van der Waals surface area (Å²) >= 11 is 5.85. The van der Waals surface area contributed by atoms with Crippen LogP contribution in [0.15, 0.2) is 36.4 Å². The maximum Gasteiger partial charge on any atom is 0.259 e. The lowest BCUT2D eigenvalue weighted by molar-refractivity contribution is 0.101. The summed E-state index contributed by atoms with van der Waals surface area (Å²) in [5.74, 6) is 0.469. The van der Waals surface area contributed by atoms with Crippen molar-refractivity contribution in [2.75, 3.05) is 18.5 Å². The number of carbonyl (C=O) groups excluding carboxylic acids is 1. The van der Waals surface area contributed by atoms with Crippen LogP contribution in [0.25, 0.3) is 0 Å². The van der Waals surface area contributed by atoms with E-state index in [1.54, 1.807) is 18.2 Å². The van der Waals surface area contributed by atoms with Crippen molar-refractivity contribution in [2.24, 2.45) is 0 Å². The summed E-state index contributed by atoms with van der Waals surface area (Å²) in [6.07, 6.45) is 0. The Balaban J connectivity index is 1.91. The number of anilines is 1. The molecule has 0 bridgehead atoms. The molecule has 2 N–H and O–H groups in total. The summed E-state index contributed by atoms with van der Waals surface area (Å²) in [4.78, 5) is 12.3. The van der Waals surface area contributed by atoms with Crippen LogP contribution < -0.4 is 14.8 Å². The lowest BCUT2D eigenvalue weighted by atomic mass is 10.1. The Kier molecular flexibility index (Phi) is 3.58. The number of amides is 1. The number of ether oxygens (including phenoxy) is 2. The number of hydrogen-bond donors (Lipinski definition) is 2. The van der Waals surface area contributed by atoms with Crippen molar-refractivity contribution < 1.29 is 19.4 Å². The van der Waals surface area contributed by atoms with E-state index in [2.05, 4.69) is 5.32 Å². The minimum atomic E-state index is -0.407. The summed E-state index contributed by atoms with van der Waals surface area (Å²) in [5, 5.41) is 12.8. The molecule has 0 saturated carbocycles. The maximum absolute atomic E-state index is 12.3. The van der Waals surface area contributed by atoms with Crippen molar-refractivity contribution >= 4 is 23.2 Å². The molecule has 1 aliphatic heterocycles. The van der Waals surface area contributed by atoms with E-state index in [-0.39, 0.29) is 11.4 Å². The number of phenolic OH excluding ortho intramolecular Hbond substituents is 1. The van der Waals surface area contributed by atoms with E-state index < -0.39 is 5.91 Å². The lowest BCUT2D eigenvalue weighted by Crippen LogP contribution is -2.20. The van der Waals surface area contributed by atoms with Gasteiger partial charge >= 0.3 is 0 Å². The van der Waals surface area contributed by atoms with Gasteiger partial charge in [0.1, 0.15) is 19.0 Å². The molecule has 0 radical (unpaired) electrons. The number of rotatable bonds is 2. The summed E-state index contributed by atoms with van der Waals surface area (Å²) < 4.78 is 10.9. The number of hydrogen-bond acceptors (Lipinski definition) is 4. The fourth-order valence-corrected chi connectivity index (χ4v) is 2.22. The summed E-state index contributed by atoms with van der Waals surface area (Å²) in [6, 6.07) is 9.50. The Morgan fingerprint density at radius 3 is 2.86 bits per heavy atom. The minimum Gasteiger partial charge on any atom is -0.506 e. The number of halogens is 1. The minimum absolute atomic E-state index is 0.0604. The van der Waals surface area contributed by atoms with Crippen LogP contribution in [0.3, 0.4) is 0 Å². The van der Waals surface area contributed by atoms with E-state index >= 15 is 0 Å². The van der Waals surface area contributed by atoms with Gasteiger partial charge in [0, 0.05) is 5.02 Å². The highest BCUT2D eigenvalue weighted by Crippen LogP contribution is 2.34. The first-order valence-electron chi connectivity index (χ1n) is 6.33. The number of aromatic hydroxyl groups is 1. The molecule has 0 atom stereocenters. The molecular weight excluding hydrogens is 294 g/mol. The van der Waals surface area contributed by atoms with Crippen LogP contribution in [0.4, 0.5) is 5.69 Å². The molecule has 108 valence electrons. The second-order valence-electron chi connectivity index (χ2n) is 4.45. The molecular formula is C15H12ClNO4. The normalized spacial score (nSPS) is 12.8. The Bertz CT molecular complexity index is 702. The van der Waals surface area contributed by atoms with Gasteiger partial charge in [-0.3, -0.25) is 4.79 Å². The van der Waals surface area contributed by atoms with E-state index in [9.17, 15) is 9.90 Å². The van der Waals surface area contributed by atoms with Crippen LogP contribution in [0.5, 0.6) is 17.2 Å². The molecule has 0 aromatic heterocycles. The lowest BCUT2D eigenvalue weighted by Gasteiger charge is -2.20. The average Bonchev–Trinajstić information content (AvgIpc) is 2.50. The molecule has 1 heterocycles. The summed E-state index contributed by atoms with van der Waals surface area (Å²) in [6.45, 7) is 0.840. The van der Waals surface area contributed by atoms with Gasteiger partial charge in [0.25, 0.3) is 5.91 Å². The zero-order chi connectivity index (χ0) is 14.8. The predicted molar refractivity (Wildman–Crippen MR) is 78.5 cm³/mol. The SMILES string of the molecule is O=C(Nc1cc(Cl)ccc1O)c1cccc2c1OCCO2. The number of carbonyl (C=O) groups is 1. The highest BCUT2D eigenvalue weighted by atomic mass is 35.5. The molecule has 0 spiro atoms. The average molecular weight is 306 g/mol. The second kappa shape index (κ2) is 5.54. The van der Waals surface area contributed by atoms with Gasteiger partial charge in [-0.05, 0) is 30.3 Å². The van der Waals surface area contributed by atoms with Gasteiger partial charge < -0.3 is 19.9 Å². The number of para-hydroxylation sites is 1. The van der Waals surface area contributed by atoms with Crippen LogP contribution in [0, 0.1) is 0 Å². The van der Waals surface area contributed by atoms with E-state index in [1.165, 1.54) is 18.2 Å².